The first kappa shape index (κ1) is 13.2. The molecule has 0 spiro atoms. The Balaban J connectivity index is 1.84. The predicted octanol–water partition coefficient (Wildman–Crippen LogP) is 0.831. The van der Waals surface area contributed by atoms with Crippen molar-refractivity contribution in [3.8, 4) is 0 Å². The van der Waals surface area contributed by atoms with E-state index in [-0.39, 0.29) is 11.8 Å². The minimum atomic E-state index is -0.183. The Bertz CT molecular complexity index is 315. The van der Waals surface area contributed by atoms with Crippen LogP contribution >= 0.6 is 0 Å². The highest BCUT2D eigenvalue weighted by atomic mass is 16.1. The molecule has 1 saturated heterocycles. The van der Waals surface area contributed by atoms with Crippen LogP contribution < -0.4 is 11.5 Å². The molecule has 0 radical (unpaired) electrons. The van der Waals surface area contributed by atoms with E-state index >= 15 is 0 Å². The summed E-state index contributed by atoms with van der Waals surface area (Å²) in [5, 5.41) is 0. The highest BCUT2D eigenvalue weighted by molar-refractivity contribution is 5.80. The lowest BCUT2D eigenvalue weighted by molar-refractivity contribution is -0.122. The Morgan fingerprint density at radius 1 is 1.00 bits per heavy atom. The number of piperidine rings is 1. The van der Waals surface area contributed by atoms with E-state index in [4.69, 9.17) is 11.5 Å². The minimum Gasteiger partial charge on any atom is -0.370 e. The average Bonchev–Trinajstić information content (AvgIpc) is 2.40. The summed E-state index contributed by atoms with van der Waals surface area (Å²) in [7, 11) is 0. The maximum Gasteiger partial charge on any atom is 0.220 e. The lowest BCUT2D eigenvalue weighted by Gasteiger charge is -2.32. The van der Waals surface area contributed by atoms with Crippen LogP contribution in [0.5, 0.6) is 0 Å². The van der Waals surface area contributed by atoms with Crippen LogP contribution in [0.15, 0.2) is 4.99 Å². The molecule has 18 heavy (non-hydrogen) atoms. The van der Waals surface area contributed by atoms with Gasteiger partial charge in [0.1, 0.15) is 0 Å². The van der Waals surface area contributed by atoms with Crippen LogP contribution in [0.2, 0.25) is 0 Å². The number of primary amides is 1. The van der Waals surface area contributed by atoms with Gasteiger partial charge in [-0.3, -0.25) is 4.79 Å². The molecule has 4 N–H and O–H groups in total. The smallest absolute Gasteiger partial charge is 0.220 e. The van der Waals surface area contributed by atoms with Crippen molar-refractivity contribution in [1.29, 1.82) is 0 Å². The van der Waals surface area contributed by atoms with Gasteiger partial charge in [-0.1, -0.05) is 19.3 Å². The van der Waals surface area contributed by atoms with Crippen LogP contribution in [0.1, 0.15) is 44.9 Å². The van der Waals surface area contributed by atoms with E-state index < -0.39 is 0 Å². The summed E-state index contributed by atoms with van der Waals surface area (Å²) in [6.07, 6.45) is 7.80. The van der Waals surface area contributed by atoms with Crippen LogP contribution in [-0.2, 0) is 4.79 Å². The monoisotopic (exact) mass is 252 g/mol. The fourth-order valence-electron chi connectivity index (χ4n) is 2.87. The Kier molecular flexibility index (Phi) is 4.44. The van der Waals surface area contributed by atoms with Crippen molar-refractivity contribution in [2.75, 3.05) is 13.1 Å². The summed E-state index contributed by atoms with van der Waals surface area (Å²) >= 11 is 0. The molecule has 2 rings (SSSR count). The van der Waals surface area contributed by atoms with Crippen LogP contribution in [-0.4, -0.2) is 35.9 Å². The number of guanidine groups is 1. The second-order valence-electron chi connectivity index (χ2n) is 5.44. The Morgan fingerprint density at radius 3 is 2.17 bits per heavy atom. The molecule has 1 aliphatic carbocycles. The molecule has 0 bridgehead atoms. The summed E-state index contributed by atoms with van der Waals surface area (Å²) in [6, 6.07) is 0.410. The first-order valence-corrected chi connectivity index (χ1v) is 7.04. The number of aliphatic imine (C=N–C) groups is 1. The fraction of sp³-hybridized carbons (Fsp3) is 0.846. The first-order chi connectivity index (χ1) is 8.66. The highest BCUT2D eigenvalue weighted by Crippen LogP contribution is 2.21. The standard InChI is InChI=1S/C13H24N4O/c14-12(18)10-6-8-17(9-7-10)13(15)16-11-4-2-1-3-5-11/h10-11H,1-9H2,(H2,14,18)(H2,15,16). The molecule has 5 heteroatoms. The van der Waals surface area contributed by atoms with Crippen molar-refractivity contribution in [1.82, 2.24) is 4.90 Å². The molecule has 1 saturated carbocycles. The topological polar surface area (TPSA) is 84.7 Å². The maximum absolute atomic E-state index is 11.1. The maximum atomic E-state index is 11.1. The van der Waals surface area contributed by atoms with Gasteiger partial charge in [0, 0.05) is 19.0 Å². The zero-order valence-corrected chi connectivity index (χ0v) is 11.0. The van der Waals surface area contributed by atoms with Crippen molar-refractivity contribution >= 4 is 11.9 Å². The van der Waals surface area contributed by atoms with Gasteiger partial charge < -0.3 is 16.4 Å². The molecule has 1 amide bonds. The van der Waals surface area contributed by atoms with E-state index in [2.05, 4.69) is 9.89 Å². The first-order valence-electron chi connectivity index (χ1n) is 7.04. The fourth-order valence-corrected chi connectivity index (χ4v) is 2.87. The van der Waals surface area contributed by atoms with Gasteiger partial charge in [-0.15, -0.1) is 0 Å². The van der Waals surface area contributed by atoms with Crippen molar-refractivity contribution < 1.29 is 4.79 Å². The van der Waals surface area contributed by atoms with Crippen LogP contribution in [0.3, 0.4) is 0 Å². The van der Waals surface area contributed by atoms with Gasteiger partial charge in [-0.25, -0.2) is 4.99 Å². The van der Waals surface area contributed by atoms with E-state index in [0.29, 0.717) is 12.0 Å². The third-order valence-corrected chi connectivity index (χ3v) is 4.11. The molecule has 0 aromatic carbocycles. The van der Waals surface area contributed by atoms with E-state index in [0.717, 1.165) is 25.9 Å². The Labute approximate surface area is 109 Å². The zero-order valence-electron chi connectivity index (χ0n) is 11.0. The van der Waals surface area contributed by atoms with Gasteiger partial charge in [0.25, 0.3) is 0 Å². The molecule has 0 aromatic heterocycles. The van der Waals surface area contributed by atoms with Crippen molar-refractivity contribution in [3.05, 3.63) is 0 Å². The number of hydrogen-bond donors (Lipinski definition) is 2. The van der Waals surface area contributed by atoms with E-state index in [9.17, 15) is 4.79 Å². The summed E-state index contributed by atoms with van der Waals surface area (Å²) in [4.78, 5) is 17.8. The largest absolute Gasteiger partial charge is 0.370 e. The quantitative estimate of drug-likeness (QED) is 0.564. The van der Waals surface area contributed by atoms with Gasteiger partial charge in [-0.05, 0) is 25.7 Å². The number of amides is 1. The normalized spacial score (nSPS) is 24.2. The molecule has 1 heterocycles. The van der Waals surface area contributed by atoms with Crippen LogP contribution in [0.4, 0.5) is 0 Å². The lowest BCUT2D eigenvalue weighted by atomic mass is 9.95. The molecule has 1 aliphatic heterocycles. The van der Waals surface area contributed by atoms with Crippen molar-refractivity contribution in [2.24, 2.45) is 22.4 Å². The third kappa shape index (κ3) is 3.37. The Hall–Kier alpha value is -1.26. The summed E-state index contributed by atoms with van der Waals surface area (Å²) in [5.41, 5.74) is 11.4. The molecule has 0 atom stereocenters. The number of hydrogen-bond acceptors (Lipinski definition) is 2. The van der Waals surface area contributed by atoms with Gasteiger partial charge in [-0.2, -0.15) is 0 Å². The molecule has 5 nitrogen and oxygen atoms in total. The molecule has 2 fully saturated rings. The van der Waals surface area contributed by atoms with Gasteiger partial charge in [0.2, 0.25) is 5.91 Å². The summed E-state index contributed by atoms with van der Waals surface area (Å²) in [5.74, 6) is 0.492. The van der Waals surface area contributed by atoms with Crippen LogP contribution in [0, 0.1) is 5.92 Å². The molecule has 0 unspecified atom stereocenters. The Morgan fingerprint density at radius 2 is 1.61 bits per heavy atom. The second-order valence-corrected chi connectivity index (χ2v) is 5.44. The zero-order chi connectivity index (χ0) is 13.0. The summed E-state index contributed by atoms with van der Waals surface area (Å²) in [6.45, 7) is 1.60. The van der Waals surface area contributed by atoms with Gasteiger partial charge >= 0.3 is 0 Å². The SMILES string of the molecule is NC(=O)C1CCN(C(N)=NC2CCCCC2)CC1. The number of carbonyl (C=O) groups is 1. The van der Waals surface area contributed by atoms with Crippen molar-refractivity contribution in [2.45, 2.75) is 51.0 Å². The predicted molar refractivity (Wildman–Crippen MR) is 72.0 cm³/mol. The van der Waals surface area contributed by atoms with E-state index in [1.165, 1.54) is 32.1 Å². The molecule has 2 aliphatic rings. The number of nitrogens with zero attached hydrogens (tertiary/aromatic N) is 2. The van der Waals surface area contributed by atoms with Crippen LogP contribution in [0.25, 0.3) is 0 Å². The second kappa shape index (κ2) is 6.07. The van der Waals surface area contributed by atoms with Gasteiger partial charge in [0.15, 0.2) is 5.96 Å². The average molecular weight is 252 g/mol. The number of likely N-dealkylation sites (tertiary alicyclic amines) is 1. The molecular formula is C13H24N4O. The van der Waals surface area contributed by atoms with E-state index in [1.54, 1.807) is 0 Å². The van der Waals surface area contributed by atoms with E-state index in [1.807, 2.05) is 0 Å². The lowest BCUT2D eigenvalue weighted by Crippen LogP contribution is -2.45. The number of nitrogens with two attached hydrogens (primary N) is 2. The van der Waals surface area contributed by atoms with Gasteiger partial charge in [0.05, 0.1) is 6.04 Å². The van der Waals surface area contributed by atoms with Crippen molar-refractivity contribution in [3.63, 3.8) is 0 Å². The molecule has 0 aromatic rings. The number of carbonyl (C=O) groups excluding carboxylic acids is 1. The number of rotatable bonds is 2. The highest BCUT2D eigenvalue weighted by Gasteiger charge is 2.24. The molecule has 102 valence electrons. The minimum absolute atomic E-state index is 0.0173. The molecular weight excluding hydrogens is 228 g/mol. The summed E-state index contributed by atoms with van der Waals surface area (Å²) < 4.78 is 0. The third-order valence-electron chi connectivity index (χ3n) is 4.11.